The van der Waals surface area contributed by atoms with Gasteiger partial charge in [0.25, 0.3) is 5.91 Å². The molecular weight excluding hydrogens is 327 g/mol. The minimum atomic E-state index is -0.352. The van der Waals surface area contributed by atoms with Crippen molar-refractivity contribution >= 4 is 29.1 Å². The van der Waals surface area contributed by atoms with E-state index in [1.807, 2.05) is 25.1 Å². The van der Waals surface area contributed by atoms with Crippen molar-refractivity contribution in [3.8, 4) is 11.5 Å². The van der Waals surface area contributed by atoms with Crippen molar-refractivity contribution in [3.05, 3.63) is 51.8 Å². The molecule has 1 aliphatic rings. The summed E-state index contributed by atoms with van der Waals surface area (Å²) in [7, 11) is 0. The zero-order chi connectivity index (χ0) is 15.7. The second-order valence-corrected chi connectivity index (χ2v) is 5.62. The second kappa shape index (κ2) is 6.02. The van der Waals surface area contributed by atoms with Crippen LogP contribution in [0.25, 0.3) is 0 Å². The summed E-state index contributed by atoms with van der Waals surface area (Å²) in [6, 6.07) is 8.23. The number of hydrogen-bond acceptors (Lipinski definition) is 4. The molecule has 0 radical (unpaired) electrons. The number of nitrogens with zero attached hydrogens (tertiary/aromatic N) is 1. The van der Waals surface area contributed by atoms with E-state index in [4.69, 9.17) is 32.7 Å². The lowest BCUT2D eigenvalue weighted by molar-refractivity contribution is 0.0934. The maximum Gasteiger partial charge on any atom is 0.270 e. The summed E-state index contributed by atoms with van der Waals surface area (Å²) in [4.78, 5) is 16.2. The number of carbonyl (C=O) groups is 1. The number of aromatic nitrogens is 1. The summed E-state index contributed by atoms with van der Waals surface area (Å²) >= 11 is 11.7. The molecule has 3 rings (SSSR count). The van der Waals surface area contributed by atoms with Crippen molar-refractivity contribution < 1.29 is 14.3 Å². The summed E-state index contributed by atoms with van der Waals surface area (Å²) < 4.78 is 10.6. The van der Waals surface area contributed by atoms with Crippen LogP contribution in [0.15, 0.2) is 30.3 Å². The Bertz CT molecular complexity index is 716. The van der Waals surface area contributed by atoms with E-state index in [0.29, 0.717) is 16.5 Å². The first-order chi connectivity index (χ1) is 10.5. The number of benzene rings is 1. The molecule has 114 valence electrons. The van der Waals surface area contributed by atoms with Gasteiger partial charge in [0.1, 0.15) is 10.8 Å². The largest absolute Gasteiger partial charge is 0.454 e. The van der Waals surface area contributed by atoms with E-state index >= 15 is 0 Å². The summed E-state index contributed by atoms with van der Waals surface area (Å²) in [6.45, 7) is 2.08. The van der Waals surface area contributed by atoms with Gasteiger partial charge in [0.2, 0.25) is 6.79 Å². The molecule has 5 nitrogen and oxygen atoms in total. The number of ether oxygens (including phenoxy) is 2. The summed E-state index contributed by atoms with van der Waals surface area (Å²) in [5, 5.41) is 3.38. The molecule has 0 aliphatic carbocycles. The van der Waals surface area contributed by atoms with E-state index in [2.05, 4.69) is 10.3 Å². The highest BCUT2D eigenvalue weighted by molar-refractivity contribution is 6.34. The Morgan fingerprint density at radius 3 is 2.77 bits per heavy atom. The molecule has 0 bridgehead atoms. The molecule has 0 saturated carbocycles. The van der Waals surface area contributed by atoms with Gasteiger partial charge in [0.05, 0.1) is 6.04 Å². The van der Waals surface area contributed by atoms with E-state index < -0.39 is 0 Å². The van der Waals surface area contributed by atoms with Crippen LogP contribution in [0.1, 0.15) is 29.0 Å². The molecule has 1 amide bonds. The SMILES string of the molecule is C[C@H](NC(=O)c1cc(Cl)cc(Cl)n1)c1ccc2c(c1)OCO2. The number of fused-ring (bicyclic) bond motifs is 1. The van der Waals surface area contributed by atoms with Crippen LogP contribution < -0.4 is 14.8 Å². The molecule has 1 N–H and O–H groups in total. The Morgan fingerprint density at radius 1 is 1.23 bits per heavy atom. The van der Waals surface area contributed by atoms with Crippen LogP contribution >= 0.6 is 23.2 Å². The van der Waals surface area contributed by atoms with Gasteiger partial charge in [-0.25, -0.2) is 4.98 Å². The van der Waals surface area contributed by atoms with Gasteiger partial charge in [-0.3, -0.25) is 4.79 Å². The van der Waals surface area contributed by atoms with Crippen LogP contribution in [0, 0.1) is 0 Å². The van der Waals surface area contributed by atoms with Crippen molar-refractivity contribution in [2.45, 2.75) is 13.0 Å². The first-order valence-electron chi connectivity index (χ1n) is 6.56. The van der Waals surface area contributed by atoms with Crippen molar-refractivity contribution in [3.63, 3.8) is 0 Å². The Balaban J connectivity index is 1.76. The van der Waals surface area contributed by atoms with Crippen molar-refractivity contribution in [1.29, 1.82) is 0 Å². The smallest absolute Gasteiger partial charge is 0.270 e. The van der Waals surface area contributed by atoms with Gasteiger partial charge in [-0.15, -0.1) is 0 Å². The number of carbonyl (C=O) groups excluding carboxylic acids is 1. The van der Waals surface area contributed by atoms with Gasteiger partial charge in [0.15, 0.2) is 11.5 Å². The average molecular weight is 339 g/mol. The third kappa shape index (κ3) is 3.10. The number of rotatable bonds is 3. The van der Waals surface area contributed by atoms with E-state index in [1.165, 1.54) is 12.1 Å². The molecule has 1 aromatic carbocycles. The lowest BCUT2D eigenvalue weighted by atomic mass is 10.1. The number of amides is 1. The fourth-order valence-electron chi connectivity index (χ4n) is 2.12. The van der Waals surface area contributed by atoms with Crippen molar-refractivity contribution in [2.75, 3.05) is 6.79 Å². The molecule has 0 spiro atoms. The molecule has 1 atom stereocenters. The monoisotopic (exact) mass is 338 g/mol. The summed E-state index contributed by atoms with van der Waals surface area (Å²) in [5.74, 6) is 1.02. The highest BCUT2D eigenvalue weighted by atomic mass is 35.5. The van der Waals surface area contributed by atoms with Crippen LogP contribution in [0.3, 0.4) is 0 Å². The van der Waals surface area contributed by atoms with Gasteiger partial charge >= 0.3 is 0 Å². The van der Waals surface area contributed by atoms with Crippen molar-refractivity contribution in [2.24, 2.45) is 0 Å². The standard InChI is InChI=1S/C15H12Cl2N2O3/c1-8(9-2-3-12-13(4-9)22-7-21-12)18-15(20)11-5-10(16)6-14(17)19-11/h2-6,8H,7H2,1H3,(H,18,20)/t8-/m0/s1. The maximum atomic E-state index is 12.2. The molecule has 0 saturated heterocycles. The predicted molar refractivity (Wildman–Crippen MR) is 82.7 cm³/mol. The van der Waals surface area contributed by atoms with Crippen LogP contribution in [-0.2, 0) is 0 Å². The van der Waals surface area contributed by atoms with Crippen LogP contribution in [-0.4, -0.2) is 17.7 Å². The highest BCUT2D eigenvalue weighted by Crippen LogP contribution is 2.34. The number of halogens is 2. The molecule has 1 aliphatic heterocycles. The third-order valence-corrected chi connectivity index (χ3v) is 3.65. The molecular formula is C15H12Cl2N2O3. The Kier molecular flexibility index (Phi) is 4.09. The molecule has 0 unspecified atom stereocenters. The normalized spacial score (nSPS) is 13.8. The molecule has 7 heteroatoms. The van der Waals surface area contributed by atoms with Crippen LogP contribution in [0.4, 0.5) is 0 Å². The minimum Gasteiger partial charge on any atom is -0.454 e. The van der Waals surface area contributed by atoms with E-state index in [-0.39, 0.29) is 29.6 Å². The number of nitrogens with one attached hydrogen (secondary N) is 1. The minimum absolute atomic E-state index is 0.171. The van der Waals surface area contributed by atoms with Gasteiger partial charge in [-0.05, 0) is 36.8 Å². The first kappa shape index (κ1) is 14.9. The first-order valence-corrected chi connectivity index (χ1v) is 7.32. The third-order valence-electron chi connectivity index (χ3n) is 3.24. The summed E-state index contributed by atoms with van der Waals surface area (Å²) in [5.41, 5.74) is 1.07. The van der Waals surface area contributed by atoms with E-state index in [0.717, 1.165) is 5.56 Å². The van der Waals surface area contributed by atoms with E-state index in [9.17, 15) is 4.79 Å². The Labute approximate surface area is 137 Å². The quantitative estimate of drug-likeness (QED) is 0.868. The maximum absolute atomic E-state index is 12.2. The lowest BCUT2D eigenvalue weighted by Crippen LogP contribution is -2.27. The lowest BCUT2D eigenvalue weighted by Gasteiger charge is -2.14. The number of pyridine rings is 1. The van der Waals surface area contributed by atoms with Crippen molar-refractivity contribution in [1.82, 2.24) is 10.3 Å². The fourth-order valence-corrected chi connectivity index (χ4v) is 2.59. The molecule has 1 aromatic heterocycles. The fraction of sp³-hybridized carbons (Fsp3) is 0.200. The molecule has 0 fully saturated rings. The summed E-state index contributed by atoms with van der Waals surface area (Å²) in [6.07, 6.45) is 0. The second-order valence-electron chi connectivity index (χ2n) is 4.80. The average Bonchev–Trinajstić information content (AvgIpc) is 2.93. The highest BCUT2D eigenvalue weighted by Gasteiger charge is 2.18. The topological polar surface area (TPSA) is 60.5 Å². The Hall–Kier alpha value is -1.98. The van der Waals surface area contributed by atoms with Gasteiger partial charge < -0.3 is 14.8 Å². The molecule has 2 aromatic rings. The van der Waals surface area contributed by atoms with Gasteiger partial charge in [-0.2, -0.15) is 0 Å². The zero-order valence-corrected chi connectivity index (χ0v) is 13.1. The zero-order valence-electron chi connectivity index (χ0n) is 11.6. The van der Waals surface area contributed by atoms with E-state index in [1.54, 1.807) is 0 Å². The Morgan fingerprint density at radius 2 is 2.00 bits per heavy atom. The van der Waals surface area contributed by atoms with Crippen LogP contribution in [0.5, 0.6) is 11.5 Å². The van der Waals surface area contributed by atoms with Crippen LogP contribution in [0.2, 0.25) is 10.2 Å². The predicted octanol–water partition coefficient (Wildman–Crippen LogP) is 3.61. The molecule has 2 heterocycles. The molecule has 22 heavy (non-hydrogen) atoms. The van der Waals surface area contributed by atoms with Gasteiger partial charge in [0, 0.05) is 5.02 Å². The number of hydrogen-bond donors (Lipinski definition) is 1. The van der Waals surface area contributed by atoms with Gasteiger partial charge in [-0.1, -0.05) is 29.3 Å².